The lowest BCUT2D eigenvalue weighted by molar-refractivity contribution is -0.140. The quantitative estimate of drug-likeness (QED) is 0.439. The number of thiazole rings is 1. The number of piperidine rings is 1. The lowest BCUT2D eigenvalue weighted by Gasteiger charge is -2.32. The van der Waals surface area contributed by atoms with E-state index in [4.69, 9.17) is 0 Å². The smallest absolute Gasteiger partial charge is 0.357 e. The van der Waals surface area contributed by atoms with Crippen molar-refractivity contribution in [2.75, 3.05) is 26.2 Å². The molecule has 1 aliphatic heterocycles. The lowest BCUT2D eigenvalue weighted by atomic mass is 10.1. The molecule has 5 nitrogen and oxygen atoms in total. The summed E-state index contributed by atoms with van der Waals surface area (Å²) < 4.78 is 62.5. The van der Waals surface area contributed by atoms with Crippen molar-refractivity contribution in [3.05, 3.63) is 16.1 Å². The molecule has 0 spiro atoms. The molecule has 1 fully saturated rings. The van der Waals surface area contributed by atoms with Crippen LogP contribution in [-0.2, 0) is 12.7 Å². The van der Waals surface area contributed by atoms with Crippen molar-refractivity contribution in [1.82, 2.24) is 20.5 Å². The first-order valence-electron chi connectivity index (χ1n) is 8.35. The number of nitrogens with one attached hydrogen (secondary N) is 2. The van der Waals surface area contributed by atoms with Crippen molar-refractivity contribution in [2.45, 2.75) is 45.0 Å². The van der Waals surface area contributed by atoms with Crippen LogP contribution < -0.4 is 10.6 Å². The van der Waals surface area contributed by atoms with Gasteiger partial charge in [0.05, 0.1) is 13.1 Å². The number of aliphatic imine (C=N–C) groups is 1. The Bertz CT molecular complexity index is 581. The number of halogens is 5. The van der Waals surface area contributed by atoms with Gasteiger partial charge in [0.2, 0.25) is 0 Å². The standard InChI is InChI=1S/C15H22F5N5S/c1-2-21-14(22-7-13-24-11(9-26-13)15(18,19)20)23-10-3-5-25(6-4-10)8-12(16)17/h9-10,12H,2-8H2,1H3,(H2,21,22,23). The number of hydrogen-bond acceptors (Lipinski definition) is 4. The molecule has 26 heavy (non-hydrogen) atoms. The average Bonchev–Trinajstić information content (AvgIpc) is 3.03. The number of guanidine groups is 1. The average molecular weight is 399 g/mol. The fourth-order valence-corrected chi connectivity index (χ4v) is 3.35. The highest BCUT2D eigenvalue weighted by Crippen LogP contribution is 2.30. The number of nitrogens with zero attached hydrogens (tertiary/aromatic N) is 3. The zero-order valence-electron chi connectivity index (χ0n) is 14.3. The van der Waals surface area contributed by atoms with Crippen LogP contribution in [0.1, 0.15) is 30.5 Å². The van der Waals surface area contributed by atoms with E-state index in [1.54, 1.807) is 4.90 Å². The summed E-state index contributed by atoms with van der Waals surface area (Å²) in [6, 6.07) is 0.0868. The van der Waals surface area contributed by atoms with E-state index in [0.717, 1.165) is 16.7 Å². The second kappa shape index (κ2) is 9.45. The summed E-state index contributed by atoms with van der Waals surface area (Å²) in [6.07, 6.45) is -5.38. The third-order valence-electron chi connectivity index (χ3n) is 3.88. The molecule has 0 atom stereocenters. The van der Waals surface area contributed by atoms with E-state index in [1.807, 2.05) is 6.92 Å². The fourth-order valence-electron chi connectivity index (χ4n) is 2.63. The summed E-state index contributed by atoms with van der Waals surface area (Å²) in [7, 11) is 0. The Labute approximate surface area is 152 Å². The van der Waals surface area contributed by atoms with Gasteiger partial charge in [-0.25, -0.2) is 18.8 Å². The summed E-state index contributed by atoms with van der Waals surface area (Å²) in [5.41, 5.74) is -0.905. The molecule has 0 bridgehead atoms. The zero-order chi connectivity index (χ0) is 19.2. The van der Waals surface area contributed by atoms with E-state index < -0.39 is 18.3 Å². The molecule has 0 radical (unpaired) electrons. The lowest BCUT2D eigenvalue weighted by Crippen LogP contribution is -2.49. The van der Waals surface area contributed by atoms with E-state index in [2.05, 4.69) is 20.6 Å². The maximum atomic E-state index is 12.6. The number of aromatic nitrogens is 1. The van der Waals surface area contributed by atoms with Crippen molar-refractivity contribution >= 4 is 17.3 Å². The van der Waals surface area contributed by atoms with Crippen LogP contribution in [0, 0.1) is 0 Å². The summed E-state index contributed by atoms with van der Waals surface area (Å²) in [5, 5.41) is 7.51. The molecule has 1 aromatic heterocycles. The molecule has 0 aromatic carbocycles. The molecular weight excluding hydrogens is 377 g/mol. The molecule has 1 aromatic rings. The fraction of sp³-hybridized carbons (Fsp3) is 0.733. The molecule has 0 saturated carbocycles. The Morgan fingerprint density at radius 3 is 2.62 bits per heavy atom. The van der Waals surface area contributed by atoms with E-state index in [0.29, 0.717) is 38.4 Å². The van der Waals surface area contributed by atoms with Crippen LogP contribution in [0.25, 0.3) is 0 Å². The molecule has 1 saturated heterocycles. The van der Waals surface area contributed by atoms with Gasteiger partial charge in [-0.1, -0.05) is 0 Å². The van der Waals surface area contributed by atoms with Crippen LogP contribution in [-0.4, -0.2) is 54.5 Å². The number of alkyl halides is 5. The van der Waals surface area contributed by atoms with Crippen molar-refractivity contribution in [2.24, 2.45) is 4.99 Å². The molecule has 0 aliphatic carbocycles. The molecule has 2 N–H and O–H groups in total. The van der Waals surface area contributed by atoms with Crippen molar-refractivity contribution in [3.8, 4) is 0 Å². The monoisotopic (exact) mass is 399 g/mol. The van der Waals surface area contributed by atoms with Crippen LogP contribution in [0.3, 0.4) is 0 Å². The number of rotatable bonds is 6. The van der Waals surface area contributed by atoms with Gasteiger partial charge in [0.1, 0.15) is 5.01 Å². The van der Waals surface area contributed by atoms with E-state index in [9.17, 15) is 22.0 Å². The number of likely N-dealkylation sites (tertiary alicyclic amines) is 1. The van der Waals surface area contributed by atoms with Gasteiger partial charge in [-0.15, -0.1) is 11.3 Å². The van der Waals surface area contributed by atoms with Gasteiger partial charge >= 0.3 is 6.18 Å². The molecule has 148 valence electrons. The predicted molar refractivity (Wildman–Crippen MR) is 90.5 cm³/mol. The van der Waals surface area contributed by atoms with Crippen molar-refractivity contribution in [3.63, 3.8) is 0 Å². The normalized spacial score (nSPS) is 17.7. The summed E-state index contributed by atoms with van der Waals surface area (Å²) in [4.78, 5) is 9.56. The highest BCUT2D eigenvalue weighted by molar-refractivity contribution is 7.09. The first-order chi connectivity index (χ1) is 12.3. The third kappa shape index (κ3) is 6.67. The van der Waals surface area contributed by atoms with Crippen LogP contribution in [0.4, 0.5) is 22.0 Å². The molecule has 2 rings (SSSR count). The highest BCUT2D eigenvalue weighted by atomic mass is 32.1. The second-order valence-electron chi connectivity index (χ2n) is 5.93. The summed E-state index contributed by atoms with van der Waals surface area (Å²) in [5.74, 6) is 0.489. The maximum absolute atomic E-state index is 12.6. The second-order valence-corrected chi connectivity index (χ2v) is 6.87. The van der Waals surface area contributed by atoms with Gasteiger partial charge in [-0.2, -0.15) is 13.2 Å². The van der Waals surface area contributed by atoms with E-state index >= 15 is 0 Å². The minimum atomic E-state index is -4.45. The molecule has 11 heteroatoms. The van der Waals surface area contributed by atoms with Crippen LogP contribution >= 0.6 is 11.3 Å². The first kappa shape index (κ1) is 20.8. The van der Waals surface area contributed by atoms with Gasteiger partial charge in [0.25, 0.3) is 6.43 Å². The largest absolute Gasteiger partial charge is 0.434 e. The molecule has 2 heterocycles. The Balaban J connectivity index is 1.88. The van der Waals surface area contributed by atoms with Crippen molar-refractivity contribution < 1.29 is 22.0 Å². The predicted octanol–water partition coefficient (Wildman–Crippen LogP) is 2.95. The van der Waals surface area contributed by atoms with Crippen LogP contribution in [0.2, 0.25) is 0 Å². The molecule has 1 aliphatic rings. The number of hydrogen-bond donors (Lipinski definition) is 2. The Morgan fingerprint density at radius 2 is 2.08 bits per heavy atom. The molecule has 0 unspecified atom stereocenters. The van der Waals surface area contributed by atoms with Crippen molar-refractivity contribution in [1.29, 1.82) is 0 Å². The Hall–Kier alpha value is -1.49. The zero-order valence-corrected chi connectivity index (χ0v) is 15.1. The van der Waals surface area contributed by atoms with Gasteiger partial charge in [0.15, 0.2) is 11.7 Å². The Morgan fingerprint density at radius 1 is 1.38 bits per heavy atom. The summed E-state index contributed by atoms with van der Waals surface area (Å²) >= 11 is 0.917. The van der Waals surface area contributed by atoms with Gasteiger partial charge in [-0.3, -0.25) is 4.90 Å². The van der Waals surface area contributed by atoms with Gasteiger partial charge in [-0.05, 0) is 19.8 Å². The first-order valence-corrected chi connectivity index (χ1v) is 9.22. The Kier molecular flexibility index (Phi) is 7.56. The van der Waals surface area contributed by atoms with Gasteiger partial charge in [0, 0.05) is 31.1 Å². The topological polar surface area (TPSA) is 52.6 Å². The van der Waals surface area contributed by atoms with Crippen LogP contribution in [0.15, 0.2) is 10.4 Å². The van der Waals surface area contributed by atoms with E-state index in [1.165, 1.54) is 0 Å². The molecular formula is C15H22F5N5S. The SMILES string of the molecule is CCNC(=NCc1nc(C(F)(F)F)cs1)NC1CCN(CC(F)F)CC1. The van der Waals surface area contributed by atoms with E-state index in [-0.39, 0.29) is 24.1 Å². The molecule has 0 amide bonds. The summed E-state index contributed by atoms with van der Waals surface area (Å²) in [6.45, 7) is 3.45. The van der Waals surface area contributed by atoms with Crippen LogP contribution in [0.5, 0.6) is 0 Å². The minimum Gasteiger partial charge on any atom is -0.357 e. The maximum Gasteiger partial charge on any atom is 0.434 e. The minimum absolute atomic E-state index is 0.0420. The van der Waals surface area contributed by atoms with Gasteiger partial charge < -0.3 is 10.6 Å². The third-order valence-corrected chi connectivity index (χ3v) is 4.72. The highest BCUT2D eigenvalue weighted by Gasteiger charge is 2.33.